The lowest BCUT2D eigenvalue weighted by Gasteiger charge is -2.14. The van der Waals surface area contributed by atoms with E-state index in [1.54, 1.807) is 6.07 Å². The van der Waals surface area contributed by atoms with Crippen LogP contribution in [0, 0.1) is 5.82 Å². The molecule has 1 aromatic carbocycles. The minimum atomic E-state index is -0.271. The second-order valence-electron chi connectivity index (χ2n) is 4.54. The number of nitrogens with zero attached hydrogens (tertiary/aromatic N) is 4. The minimum absolute atomic E-state index is 0.212. The van der Waals surface area contributed by atoms with Crippen molar-refractivity contribution in [3.63, 3.8) is 0 Å². The van der Waals surface area contributed by atoms with E-state index in [-0.39, 0.29) is 11.4 Å². The molecule has 0 aliphatic carbocycles. The number of rotatable bonds is 1. The molecule has 0 saturated heterocycles. The molecule has 1 aliphatic rings. The molecular weight excluding hydrogens is 279 g/mol. The normalized spacial score (nSPS) is 13.9. The zero-order valence-electron chi connectivity index (χ0n) is 10.3. The van der Waals surface area contributed by atoms with E-state index >= 15 is 0 Å². The number of hydrogen-bond acceptors (Lipinski definition) is 5. The van der Waals surface area contributed by atoms with Gasteiger partial charge in [0.05, 0.1) is 0 Å². The number of halogens is 1. The molecule has 100 valence electrons. The van der Waals surface area contributed by atoms with E-state index in [1.165, 1.54) is 40.2 Å². The van der Waals surface area contributed by atoms with Crippen LogP contribution in [0.4, 0.5) is 15.2 Å². The summed E-state index contributed by atoms with van der Waals surface area (Å²) in [6, 6.07) is 6.13. The Morgan fingerprint density at radius 1 is 1.30 bits per heavy atom. The van der Waals surface area contributed by atoms with Gasteiger partial charge in [0.1, 0.15) is 5.82 Å². The highest BCUT2D eigenvalue weighted by Gasteiger charge is 2.24. The zero-order chi connectivity index (χ0) is 13.7. The number of hydrogen-bond donors (Lipinski definition) is 0. The summed E-state index contributed by atoms with van der Waals surface area (Å²) in [6.07, 6.45) is 2.31. The van der Waals surface area contributed by atoms with Crippen molar-refractivity contribution in [2.75, 3.05) is 11.4 Å². The van der Waals surface area contributed by atoms with Crippen molar-refractivity contribution in [3.8, 4) is 0 Å². The fourth-order valence-corrected chi connectivity index (χ4v) is 3.31. The molecule has 20 heavy (non-hydrogen) atoms. The lowest BCUT2D eigenvalue weighted by molar-refractivity contribution is 0.628. The molecule has 0 bridgehead atoms. The first-order valence-corrected chi connectivity index (χ1v) is 6.95. The minimum Gasteiger partial charge on any atom is -0.316 e. The van der Waals surface area contributed by atoms with Crippen LogP contribution in [0.3, 0.4) is 0 Å². The number of aromatic nitrogens is 3. The van der Waals surface area contributed by atoms with Crippen LogP contribution < -0.4 is 10.5 Å². The quantitative estimate of drug-likeness (QED) is 0.687. The van der Waals surface area contributed by atoms with Crippen LogP contribution in [0.25, 0.3) is 4.96 Å². The van der Waals surface area contributed by atoms with Gasteiger partial charge >= 0.3 is 0 Å². The third kappa shape index (κ3) is 1.63. The summed E-state index contributed by atoms with van der Waals surface area (Å²) in [5, 5.41) is 4.94. The molecule has 3 aromatic rings. The molecule has 0 radical (unpaired) electrons. The van der Waals surface area contributed by atoms with Crippen LogP contribution in [0.2, 0.25) is 0 Å². The molecule has 0 spiro atoms. The summed E-state index contributed by atoms with van der Waals surface area (Å²) in [5.74, 6) is -0.271. The van der Waals surface area contributed by atoms with E-state index in [4.69, 9.17) is 0 Å². The van der Waals surface area contributed by atoms with Gasteiger partial charge < -0.3 is 4.90 Å². The first kappa shape index (κ1) is 11.5. The van der Waals surface area contributed by atoms with E-state index in [9.17, 15) is 9.18 Å². The fourth-order valence-electron chi connectivity index (χ4n) is 2.39. The smallest absolute Gasteiger partial charge is 0.275 e. The highest BCUT2D eigenvalue weighted by atomic mass is 32.1. The van der Waals surface area contributed by atoms with Crippen LogP contribution in [-0.2, 0) is 6.42 Å². The van der Waals surface area contributed by atoms with Gasteiger partial charge in [-0.05, 0) is 24.1 Å². The Morgan fingerprint density at radius 3 is 3.05 bits per heavy atom. The molecule has 1 aliphatic heterocycles. The van der Waals surface area contributed by atoms with Crippen molar-refractivity contribution in [3.05, 3.63) is 52.2 Å². The largest absolute Gasteiger partial charge is 0.316 e. The molecule has 2 aromatic heterocycles. The summed E-state index contributed by atoms with van der Waals surface area (Å²) >= 11 is 1.32. The topological polar surface area (TPSA) is 50.5 Å². The van der Waals surface area contributed by atoms with Crippen molar-refractivity contribution in [2.45, 2.75) is 6.42 Å². The summed E-state index contributed by atoms with van der Waals surface area (Å²) in [7, 11) is 0. The second-order valence-corrected chi connectivity index (χ2v) is 5.47. The van der Waals surface area contributed by atoms with Crippen molar-refractivity contribution >= 4 is 27.1 Å². The summed E-state index contributed by atoms with van der Waals surface area (Å²) in [6.45, 7) is 0.730. The molecule has 3 heterocycles. The monoisotopic (exact) mass is 288 g/mol. The van der Waals surface area contributed by atoms with Gasteiger partial charge in [-0.15, -0.1) is 5.10 Å². The predicted octanol–water partition coefficient (Wildman–Crippen LogP) is 1.98. The van der Waals surface area contributed by atoms with Crippen molar-refractivity contribution in [1.29, 1.82) is 0 Å². The summed E-state index contributed by atoms with van der Waals surface area (Å²) in [5.41, 5.74) is 1.69. The molecule has 0 atom stereocenters. The van der Waals surface area contributed by atoms with E-state index < -0.39 is 0 Å². The first-order chi connectivity index (χ1) is 9.72. The highest BCUT2D eigenvalue weighted by molar-refractivity contribution is 7.20. The van der Waals surface area contributed by atoms with Crippen LogP contribution in [0.1, 0.15) is 5.56 Å². The average molecular weight is 288 g/mol. The molecule has 0 fully saturated rings. The molecule has 7 heteroatoms. The van der Waals surface area contributed by atoms with Crippen LogP contribution in [0.5, 0.6) is 0 Å². The van der Waals surface area contributed by atoms with Gasteiger partial charge in [0.15, 0.2) is 0 Å². The van der Waals surface area contributed by atoms with E-state index in [0.717, 1.165) is 24.2 Å². The van der Waals surface area contributed by atoms with E-state index in [1.807, 2.05) is 4.90 Å². The maximum absolute atomic E-state index is 13.4. The third-order valence-corrected chi connectivity index (χ3v) is 4.28. The molecule has 0 N–H and O–H groups in total. The number of fused-ring (bicyclic) bond motifs is 2. The second kappa shape index (κ2) is 4.11. The first-order valence-electron chi connectivity index (χ1n) is 6.13. The molecule has 0 amide bonds. The summed E-state index contributed by atoms with van der Waals surface area (Å²) in [4.78, 5) is 18.3. The van der Waals surface area contributed by atoms with Gasteiger partial charge in [0, 0.05) is 24.5 Å². The Labute approximate surface area is 116 Å². The molecule has 0 unspecified atom stereocenters. The third-order valence-electron chi connectivity index (χ3n) is 3.33. The molecule has 5 nitrogen and oxygen atoms in total. The van der Waals surface area contributed by atoms with Crippen LogP contribution >= 0.6 is 11.3 Å². The van der Waals surface area contributed by atoms with E-state index in [2.05, 4.69) is 10.1 Å². The van der Waals surface area contributed by atoms with Gasteiger partial charge in [-0.3, -0.25) is 4.79 Å². The molecular formula is C13H9FN4OS. The Kier molecular flexibility index (Phi) is 2.37. The van der Waals surface area contributed by atoms with Crippen molar-refractivity contribution in [1.82, 2.24) is 14.6 Å². The van der Waals surface area contributed by atoms with Gasteiger partial charge in [-0.25, -0.2) is 9.37 Å². The maximum atomic E-state index is 13.4. The van der Waals surface area contributed by atoms with Gasteiger partial charge in [-0.2, -0.15) is 4.52 Å². The predicted molar refractivity (Wildman–Crippen MR) is 74.2 cm³/mol. The van der Waals surface area contributed by atoms with Crippen LogP contribution in [0.15, 0.2) is 35.3 Å². The number of anilines is 2. The summed E-state index contributed by atoms with van der Waals surface area (Å²) < 4.78 is 14.7. The van der Waals surface area contributed by atoms with Crippen LogP contribution in [-0.4, -0.2) is 21.1 Å². The lowest BCUT2D eigenvalue weighted by Crippen LogP contribution is -2.16. The highest BCUT2D eigenvalue weighted by Crippen LogP contribution is 2.36. The van der Waals surface area contributed by atoms with Crippen molar-refractivity contribution < 1.29 is 4.39 Å². The average Bonchev–Trinajstić information content (AvgIpc) is 3.02. The fraction of sp³-hybridized carbons (Fsp3) is 0.154. The Morgan fingerprint density at radius 2 is 2.20 bits per heavy atom. The Bertz CT molecular complexity index is 872. The van der Waals surface area contributed by atoms with Gasteiger partial charge in [0.25, 0.3) is 5.56 Å². The zero-order valence-corrected chi connectivity index (χ0v) is 11.1. The SMILES string of the molecule is O=c1ccnc2sc(N3CCc4ccc(F)cc43)nn12. The standard InChI is InChI=1S/C13H9FN4OS/c14-9-2-1-8-4-6-17(10(8)7-9)13-16-18-11(19)3-5-15-12(18)20-13/h1-3,5,7H,4,6H2. The van der Waals surface area contributed by atoms with Crippen molar-refractivity contribution in [2.24, 2.45) is 0 Å². The maximum Gasteiger partial charge on any atom is 0.275 e. The Hall–Kier alpha value is -2.28. The lowest BCUT2D eigenvalue weighted by atomic mass is 10.2. The molecule has 4 rings (SSSR count). The Balaban J connectivity index is 1.88. The van der Waals surface area contributed by atoms with Gasteiger partial charge in [0.2, 0.25) is 10.1 Å². The molecule has 0 saturated carbocycles. The number of benzene rings is 1. The van der Waals surface area contributed by atoms with Gasteiger partial charge in [-0.1, -0.05) is 17.4 Å². The van der Waals surface area contributed by atoms with E-state index in [0.29, 0.717) is 10.1 Å².